The molecule has 0 radical (unpaired) electrons. The Hall–Kier alpha value is -1.10. The largest absolute Gasteiger partial charge is 0.481 e. The van der Waals surface area contributed by atoms with Crippen LogP contribution in [0, 0.1) is 0 Å². The predicted molar refractivity (Wildman–Crippen MR) is 56.9 cm³/mol. The normalized spacial score (nSPS) is 17.4. The Balaban J connectivity index is 2.26. The Morgan fingerprint density at radius 2 is 2.12 bits per heavy atom. The summed E-state index contributed by atoms with van der Waals surface area (Å²) >= 11 is 0.442. The summed E-state index contributed by atoms with van der Waals surface area (Å²) in [7, 11) is 0. The van der Waals surface area contributed by atoms with E-state index >= 15 is 0 Å². The van der Waals surface area contributed by atoms with Crippen molar-refractivity contribution in [3.05, 3.63) is 29.8 Å². The zero-order valence-electron chi connectivity index (χ0n) is 8.32. The van der Waals surface area contributed by atoms with Gasteiger partial charge < -0.3 is 5.11 Å². The van der Waals surface area contributed by atoms with E-state index in [-0.39, 0.29) is 0 Å². The van der Waals surface area contributed by atoms with Gasteiger partial charge in [-0.05, 0) is 30.5 Å². The highest BCUT2D eigenvalue weighted by Gasteiger charge is 2.51. The van der Waals surface area contributed by atoms with Crippen molar-refractivity contribution < 1.29 is 18.7 Å². The number of thioether (sulfide) groups is 1. The van der Waals surface area contributed by atoms with E-state index in [1.54, 1.807) is 24.3 Å². The lowest BCUT2D eigenvalue weighted by atomic mass is 9.96. The lowest BCUT2D eigenvalue weighted by molar-refractivity contribution is -0.140. The molecule has 16 heavy (non-hydrogen) atoms. The van der Waals surface area contributed by atoms with E-state index in [9.17, 15) is 13.6 Å². The average Bonchev–Trinajstić information content (AvgIpc) is 2.97. The summed E-state index contributed by atoms with van der Waals surface area (Å²) < 4.78 is 24.3. The third-order valence-electron chi connectivity index (χ3n) is 2.77. The number of alkyl halides is 2. The molecule has 0 bridgehead atoms. The summed E-state index contributed by atoms with van der Waals surface area (Å²) in [5.41, 5.74) is -0.191. The van der Waals surface area contributed by atoms with Crippen LogP contribution in [-0.2, 0) is 10.2 Å². The van der Waals surface area contributed by atoms with Crippen LogP contribution < -0.4 is 0 Å². The van der Waals surface area contributed by atoms with Crippen molar-refractivity contribution in [2.45, 2.75) is 28.9 Å². The molecular formula is C11H10F2O2S. The SMILES string of the molecule is O=C(O)C1(c2cccc(SC(F)F)c2)CC1. The number of carboxylic acid groups (broad SMARTS) is 1. The molecular weight excluding hydrogens is 234 g/mol. The number of halogens is 2. The molecule has 2 rings (SSSR count). The first-order valence-corrected chi connectivity index (χ1v) is 5.71. The van der Waals surface area contributed by atoms with Crippen molar-refractivity contribution in [1.29, 1.82) is 0 Å². The van der Waals surface area contributed by atoms with Gasteiger partial charge in [0.25, 0.3) is 5.76 Å². The van der Waals surface area contributed by atoms with Gasteiger partial charge in [-0.25, -0.2) is 0 Å². The second-order valence-corrected chi connectivity index (χ2v) is 4.86. The zero-order chi connectivity index (χ0) is 11.8. The van der Waals surface area contributed by atoms with Crippen molar-refractivity contribution in [2.24, 2.45) is 0 Å². The smallest absolute Gasteiger partial charge is 0.314 e. The molecule has 1 N–H and O–H groups in total. The second-order valence-electron chi connectivity index (χ2n) is 3.79. The Bertz CT molecular complexity index is 416. The molecule has 5 heteroatoms. The topological polar surface area (TPSA) is 37.3 Å². The van der Waals surface area contributed by atoms with Gasteiger partial charge in [0.1, 0.15) is 0 Å². The van der Waals surface area contributed by atoms with Crippen LogP contribution in [0.25, 0.3) is 0 Å². The van der Waals surface area contributed by atoms with Gasteiger partial charge in [0.15, 0.2) is 0 Å². The van der Waals surface area contributed by atoms with Gasteiger partial charge in [-0.3, -0.25) is 4.79 Å². The van der Waals surface area contributed by atoms with E-state index in [1.165, 1.54) is 0 Å². The minimum absolute atomic E-state index is 0.417. The third kappa shape index (κ3) is 2.04. The van der Waals surface area contributed by atoms with Gasteiger partial charge in [0, 0.05) is 4.90 Å². The molecule has 1 aliphatic carbocycles. The Morgan fingerprint density at radius 1 is 1.44 bits per heavy atom. The van der Waals surface area contributed by atoms with Crippen LogP contribution in [0.1, 0.15) is 18.4 Å². The van der Waals surface area contributed by atoms with Crippen molar-refractivity contribution >= 4 is 17.7 Å². The summed E-state index contributed by atoms with van der Waals surface area (Å²) in [6.07, 6.45) is 1.18. The van der Waals surface area contributed by atoms with E-state index in [0.29, 0.717) is 35.1 Å². The second kappa shape index (κ2) is 4.05. The first-order valence-electron chi connectivity index (χ1n) is 4.83. The van der Waals surface area contributed by atoms with Crippen molar-refractivity contribution in [3.8, 4) is 0 Å². The lowest BCUT2D eigenvalue weighted by Crippen LogP contribution is -2.19. The highest BCUT2D eigenvalue weighted by Crippen LogP contribution is 2.49. The molecule has 1 saturated carbocycles. The van der Waals surface area contributed by atoms with E-state index < -0.39 is 17.1 Å². The minimum Gasteiger partial charge on any atom is -0.481 e. The molecule has 0 saturated heterocycles. The first-order chi connectivity index (χ1) is 7.54. The summed E-state index contributed by atoms with van der Waals surface area (Å²) in [4.78, 5) is 11.5. The van der Waals surface area contributed by atoms with Crippen LogP contribution in [0.15, 0.2) is 29.2 Å². The fourth-order valence-corrected chi connectivity index (χ4v) is 2.28. The maximum absolute atomic E-state index is 12.2. The van der Waals surface area contributed by atoms with E-state index in [2.05, 4.69) is 0 Å². The van der Waals surface area contributed by atoms with E-state index in [0.717, 1.165) is 0 Å². The first kappa shape index (κ1) is 11.4. The molecule has 0 amide bonds. The molecule has 0 spiro atoms. The molecule has 1 aromatic rings. The van der Waals surface area contributed by atoms with Crippen LogP contribution >= 0.6 is 11.8 Å². The number of hydrogen-bond donors (Lipinski definition) is 1. The predicted octanol–water partition coefficient (Wildman–Crippen LogP) is 3.12. The molecule has 0 aliphatic heterocycles. The summed E-state index contributed by atoms with van der Waals surface area (Å²) in [6, 6.07) is 6.44. The lowest BCUT2D eigenvalue weighted by Gasteiger charge is -2.11. The monoisotopic (exact) mass is 244 g/mol. The Kier molecular flexibility index (Phi) is 2.88. The van der Waals surface area contributed by atoms with Gasteiger partial charge in [-0.1, -0.05) is 23.9 Å². The van der Waals surface area contributed by atoms with Gasteiger partial charge in [-0.15, -0.1) is 0 Å². The number of aliphatic carboxylic acids is 1. The zero-order valence-corrected chi connectivity index (χ0v) is 9.14. The van der Waals surface area contributed by atoms with Gasteiger partial charge in [0.2, 0.25) is 0 Å². The van der Waals surface area contributed by atoms with Crippen LogP contribution in [0.4, 0.5) is 8.78 Å². The van der Waals surface area contributed by atoms with Crippen LogP contribution in [0.2, 0.25) is 0 Å². The van der Waals surface area contributed by atoms with Crippen molar-refractivity contribution in [2.75, 3.05) is 0 Å². The fraction of sp³-hybridized carbons (Fsp3) is 0.364. The molecule has 1 fully saturated rings. The third-order valence-corrected chi connectivity index (χ3v) is 3.48. The number of hydrogen-bond acceptors (Lipinski definition) is 2. The molecule has 1 aromatic carbocycles. The van der Waals surface area contributed by atoms with Crippen LogP contribution in [-0.4, -0.2) is 16.8 Å². The summed E-state index contributed by atoms with van der Waals surface area (Å²) in [5.74, 6) is -3.35. The fourth-order valence-electron chi connectivity index (χ4n) is 1.72. The van der Waals surface area contributed by atoms with E-state index in [1.807, 2.05) is 0 Å². The number of carbonyl (C=O) groups is 1. The average molecular weight is 244 g/mol. The number of rotatable bonds is 4. The molecule has 0 atom stereocenters. The highest BCUT2D eigenvalue weighted by atomic mass is 32.2. The molecule has 0 heterocycles. The van der Waals surface area contributed by atoms with Crippen LogP contribution in [0.5, 0.6) is 0 Å². The van der Waals surface area contributed by atoms with E-state index in [4.69, 9.17) is 5.11 Å². The standard InChI is InChI=1S/C11H10F2O2S/c12-10(13)16-8-3-1-2-7(6-8)11(4-5-11)9(14)15/h1-3,6,10H,4-5H2,(H,14,15). The maximum atomic E-state index is 12.2. The molecule has 0 unspecified atom stereocenters. The van der Waals surface area contributed by atoms with Gasteiger partial charge in [0.05, 0.1) is 5.41 Å². The quantitative estimate of drug-likeness (QED) is 0.827. The maximum Gasteiger partial charge on any atom is 0.314 e. The van der Waals surface area contributed by atoms with Crippen LogP contribution in [0.3, 0.4) is 0 Å². The summed E-state index contributed by atoms with van der Waals surface area (Å²) in [5, 5.41) is 9.08. The Morgan fingerprint density at radius 3 is 2.62 bits per heavy atom. The number of carboxylic acids is 1. The highest BCUT2D eigenvalue weighted by molar-refractivity contribution is 7.99. The number of benzene rings is 1. The van der Waals surface area contributed by atoms with Crippen molar-refractivity contribution in [3.63, 3.8) is 0 Å². The molecule has 1 aliphatic rings. The molecule has 86 valence electrons. The summed E-state index contributed by atoms with van der Waals surface area (Å²) in [6.45, 7) is 0. The minimum atomic E-state index is -2.48. The van der Waals surface area contributed by atoms with Gasteiger partial charge >= 0.3 is 5.97 Å². The molecule has 2 nitrogen and oxygen atoms in total. The van der Waals surface area contributed by atoms with Gasteiger partial charge in [-0.2, -0.15) is 8.78 Å². The van der Waals surface area contributed by atoms with Crippen molar-refractivity contribution in [1.82, 2.24) is 0 Å². The molecule has 0 aromatic heterocycles. The Labute approximate surface area is 95.7 Å².